The molecule has 4 rings (SSSR count). The monoisotopic (exact) mass is 407 g/mol. The number of aromatic nitrogens is 3. The lowest BCUT2D eigenvalue weighted by molar-refractivity contribution is -0.121. The Morgan fingerprint density at radius 1 is 1.03 bits per heavy atom. The summed E-state index contributed by atoms with van der Waals surface area (Å²) in [6.07, 6.45) is 4.05. The molecule has 0 unspecified atom stereocenters. The topological polar surface area (TPSA) is 93.4 Å². The Balaban J connectivity index is 1.20. The molecule has 8 nitrogen and oxygen atoms in total. The minimum absolute atomic E-state index is 0.0453. The summed E-state index contributed by atoms with van der Waals surface area (Å²) in [5, 5.41) is 6.90. The molecule has 1 amide bonds. The molecular formula is C22H25N5O3. The molecule has 30 heavy (non-hydrogen) atoms. The smallest absolute Gasteiger partial charge is 0.227 e. The molecule has 0 atom stereocenters. The van der Waals surface area contributed by atoms with Crippen molar-refractivity contribution in [2.45, 2.75) is 25.9 Å². The van der Waals surface area contributed by atoms with Gasteiger partial charge in [0.05, 0.1) is 13.2 Å². The van der Waals surface area contributed by atoms with Crippen LogP contribution in [0.5, 0.6) is 0 Å². The van der Waals surface area contributed by atoms with E-state index in [0.717, 1.165) is 44.0 Å². The van der Waals surface area contributed by atoms with Crippen LogP contribution in [0.1, 0.15) is 23.4 Å². The number of nitrogens with one attached hydrogen (secondary N) is 1. The zero-order valence-electron chi connectivity index (χ0n) is 16.8. The van der Waals surface area contributed by atoms with Gasteiger partial charge in [-0.05, 0) is 23.3 Å². The maximum Gasteiger partial charge on any atom is 0.227 e. The Morgan fingerprint density at radius 2 is 1.77 bits per heavy atom. The molecule has 0 bridgehead atoms. The number of ether oxygens (including phenoxy) is 1. The Labute approximate surface area is 175 Å². The van der Waals surface area contributed by atoms with Crippen molar-refractivity contribution in [1.82, 2.24) is 25.3 Å². The number of rotatable bonds is 8. The van der Waals surface area contributed by atoms with Crippen molar-refractivity contribution in [2.24, 2.45) is 0 Å². The SMILES string of the molecule is O=C(CCc1nc(-c2ccncc2)no1)NCc1ccc(CN2CCOCC2)cc1. The number of morpholine rings is 1. The van der Waals surface area contributed by atoms with Gasteiger partial charge in [-0.1, -0.05) is 29.4 Å². The summed E-state index contributed by atoms with van der Waals surface area (Å²) >= 11 is 0. The molecule has 1 fully saturated rings. The van der Waals surface area contributed by atoms with Gasteiger partial charge in [-0.2, -0.15) is 4.98 Å². The van der Waals surface area contributed by atoms with Gasteiger partial charge in [0.2, 0.25) is 17.6 Å². The molecule has 2 aromatic heterocycles. The molecule has 156 valence electrons. The minimum atomic E-state index is -0.0453. The molecule has 0 radical (unpaired) electrons. The number of nitrogens with zero attached hydrogens (tertiary/aromatic N) is 4. The van der Waals surface area contributed by atoms with E-state index in [-0.39, 0.29) is 5.91 Å². The fourth-order valence-corrected chi connectivity index (χ4v) is 3.26. The lowest BCUT2D eigenvalue weighted by Crippen LogP contribution is -2.35. The second-order valence-electron chi connectivity index (χ2n) is 7.23. The second-order valence-corrected chi connectivity index (χ2v) is 7.23. The van der Waals surface area contributed by atoms with Crippen molar-refractivity contribution in [1.29, 1.82) is 0 Å². The number of aryl methyl sites for hydroxylation is 1. The van der Waals surface area contributed by atoms with Crippen LogP contribution in [0.3, 0.4) is 0 Å². The largest absolute Gasteiger partial charge is 0.379 e. The lowest BCUT2D eigenvalue weighted by atomic mass is 10.1. The predicted molar refractivity (Wildman–Crippen MR) is 110 cm³/mol. The van der Waals surface area contributed by atoms with Crippen LogP contribution >= 0.6 is 0 Å². The van der Waals surface area contributed by atoms with Crippen LogP contribution in [0.2, 0.25) is 0 Å². The van der Waals surface area contributed by atoms with Gasteiger partial charge in [0.15, 0.2) is 0 Å². The predicted octanol–water partition coefficient (Wildman–Crippen LogP) is 2.21. The van der Waals surface area contributed by atoms with Gasteiger partial charge in [0.1, 0.15) is 0 Å². The number of hydrogen-bond donors (Lipinski definition) is 1. The van der Waals surface area contributed by atoms with Gasteiger partial charge in [0.25, 0.3) is 0 Å². The third kappa shape index (κ3) is 5.71. The highest BCUT2D eigenvalue weighted by molar-refractivity contribution is 5.76. The van der Waals surface area contributed by atoms with E-state index in [9.17, 15) is 4.79 Å². The van der Waals surface area contributed by atoms with Crippen LogP contribution < -0.4 is 5.32 Å². The normalized spacial score (nSPS) is 14.5. The van der Waals surface area contributed by atoms with Gasteiger partial charge in [-0.25, -0.2) is 0 Å². The van der Waals surface area contributed by atoms with Crippen molar-refractivity contribution in [3.63, 3.8) is 0 Å². The number of pyridine rings is 1. The highest BCUT2D eigenvalue weighted by Gasteiger charge is 2.12. The van der Waals surface area contributed by atoms with Crippen LogP contribution in [-0.2, 0) is 29.0 Å². The molecule has 3 heterocycles. The van der Waals surface area contributed by atoms with Gasteiger partial charge >= 0.3 is 0 Å². The van der Waals surface area contributed by atoms with Crippen molar-refractivity contribution in [2.75, 3.05) is 26.3 Å². The van der Waals surface area contributed by atoms with Crippen molar-refractivity contribution in [3.8, 4) is 11.4 Å². The van der Waals surface area contributed by atoms with E-state index < -0.39 is 0 Å². The first-order valence-electron chi connectivity index (χ1n) is 10.1. The van der Waals surface area contributed by atoms with E-state index >= 15 is 0 Å². The summed E-state index contributed by atoms with van der Waals surface area (Å²) in [6.45, 7) is 4.99. The van der Waals surface area contributed by atoms with Crippen LogP contribution in [0.25, 0.3) is 11.4 Å². The van der Waals surface area contributed by atoms with E-state index in [0.29, 0.717) is 31.1 Å². The van der Waals surface area contributed by atoms with Crippen LogP contribution in [0.15, 0.2) is 53.3 Å². The van der Waals surface area contributed by atoms with Crippen molar-refractivity contribution >= 4 is 5.91 Å². The molecule has 1 aromatic carbocycles. The van der Waals surface area contributed by atoms with E-state index in [1.165, 1.54) is 5.56 Å². The number of carbonyl (C=O) groups excluding carboxylic acids is 1. The zero-order valence-corrected chi connectivity index (χ0v) is 16.8. The average molecular weight is 407 g/mol. The molecule has 0 aliphatic carbocycles. The maximum atomic E-state index is 12.2. The molecule has 0 saturated carbocycles. The number of amides is 1. The van der Waals surface area contributed by atoms with E-state index in [4.69, 9.17) is 9.26 Å². The van der Waals surface area contributed by atoms with Gasteiger partial charge in [0, 0.05) is 57.0 Å². The van der Waals surface area contributed by atoms with Gasteiger partial charge in [-0.3, -0.25) is 14.7 Å². The highest BCUT2D eigenvalue weighted by atomic mass is 16.5. The summed E-state index contributed by atoms with van der Waals surface area (Å²) < 4.78 is 10.6. The maximum absolute atomic E-state index is 12.2. The third-order valence-electron chi connectivity index (χ3n) is 5.00. The third-order valence-corrected chi connectivity index (χ3v) is 5.00. The minimum Gasteiger partial charge on any atom is -0.379 e. The fraction of sp³-hybridized carbons (Fsp3) is 0.364. The van der Waals surface area contributed by atoms with Gasteiger partial charge in [-0.15, -0.1) is 0 Å². The summed E-state index contributed by atoms with van der Waals surface area (Å²) in [6, 6.07) is 12.0. The standard InChI is InChI=1S/C22H25N5O3/c28-20(5-6-21-25-22(26-30-21)19-7-9-23-10-8-19)24-15-17-1-3-18(4-2-17)16-27-11-13-29-14-12-27/h1-4,7-10H,5-6,11-16H2,(H,24,28). The van der Waals surface area contributed by atoms with Crippen LogP contribution in [0.4, 0.5) is 0 Å². The average Bonchev–Trinajstić information content (AvgIpc) is 3.28. The number of benzene rings is 1. The summed E-state index contributed by atoms with van der Waals surface area (Å²) in [7, 11) is 0. The molecule has 1 aliphatic rings. The van der Waals surface area contributed by atoms with E-state index in [1.54, 1.807) is 12.4 Å². The Kier molecular flexibility index (Phi) is 6.79. The lowest BCUT2D eigenvalue weighted by Gasteiger charge is -2.26. The molecular weight excluding hydrogens is 382 g/mol. The molecule has 1 saturated heterocycles. The molecule has 8 heteroatoms. The fourth-order valence-electron chi connectivity index (χ4n) is 3.26. The first kappa shape index (κ1) is 20.2. The summed E-state index contributed by atoms with van der Waals surface area (Å²) in [5.74, 6) is 0.908. The summed E-state index contributed by atoms with van der Waals surface area (Å²) in [5.41, 5.74) is 3.18. The zero-order chi connectivity index (χ0) is 20.6. The number of hydrogen-bond acceptors (Lipinski definition) is 7. The molecule has 3 aromatic rings. The number of carbonyl (C=O) groups is 1. The van der Waals surface area contributed by atoms with Crippen molar-refractivity contribution < 1.29 is 14.1 Å². The van der Waals surface area contributed by atoms with Crippen LogP contribution in [-0.4, -0.2) is 52.2 Å². The highest BCUT2D eigenvalue weighted by Crippen LogP contribution is 2.14. The second kappa shape index (κ2) is 10.1. The Hall–Kier alpha value is -3.10. The molecule has 1 N–H and O–H groups in total. The van der Waals surface area contributed by atoms with E-state index in [2.05, 4.69) is 49.6 Å². The first-order chi connectivity index (χ1) is 14.8. The van der Waals surface area contributed by atoms with Crippen molar-refractivity contribution in [3.05, 3.63) is 65.8 Å². The molecule has 0 spiro atoms. The van der Waals surface area contributed by atoms with E-state index in [1.807, 2.05) is 12.1 Å². The van der Waals surface area contributed by atoms with Crippen LogP contribution in [0, 0.1) is 0 Å². The quantitative estimate of drug-likeness (QED) is 0.612. The molecule has 1 aliphatic heterocycles. The Morgan fingerprint density at radius 3 is 2.53 bits per heavy atom. The summed E-state index contributed by atoms with van der Waals surface area (Å²) in [4.78, 5) is 22.9. The van der Waals surface area contributed by atoms with Gasteiger partial charge < -0.3 is 14.6 Å². The Bertz CT molecular complexity index is 937. The first-order valence-corrected chi connectivity index (χ1v) is 10.1.